The largest absolute Gasteiger partial charge is 0.464 e. The maximum atomic E-state index is 11.5. The minimum Gasteiger partial charge on any atom is -0.464 e. The van der Waals surface area contributed by atoms with Crippen LogP contribution in [-0.4, -0.2) is 0 Å². The first kappa shape index (κ1) is 10.1. The molecule has 2 aromatic heterocycles. The summed E-state index contributed by atoms with van der Waals surface area (Å²) in [5, 5.41) is 2.04. The van der Waals surface area contributed by atoms with E-state index in [1.807, 2.05) is 26.0 Å². The van der Waals surface area contributed by atoms with Gasteiger partial charge in [-0.25, -0.2) is 4.79 Å². The summed E-state index contributed by atoms with van der Waals surface area (Å²) in [6.07, 6.45) is 2.46. The molecule has 3 rings (SSSR count). The molecule has 3 nitrogen and oxygen atoms in total. The van der Waals surface area contributed by atoms with Crippen molar-refractivity contribution >= 4 is 21.9 Å². The van der Waals surface area contributed by atoms with Crippen LogP contribution in [0.3, 0.4) is 0 Å². The second-order valence-electron chi connectivity index (χ2n) is 4.16. The molecule has 0 bridgehead atoms. The summed E-state index contributed by atoms with van der Waals surface area (Å²) in [6, 6.07) is 5.50. The number of benzene rings is 1. The van der Waals surface area contributed by atoms with Crippen LogP contribution in [0, 0.1) is 6.92 Å². The predicted octanol–water partition coefficient (Wildman–Crippen LogP) is 3.41. The highest BCUT2D eigenvalue weighted by Gasteiger charge is 2.12. The molecule has 0 aliphatic carbocycles. The standard InChI is InChI=1S/C14H12O3/c1-3-9-7-12(15)17-14-8(2)13-10(4-5-16-13)6-11(9)14/h4-7H,3H2,1-2H3. The lowest BCUT2D eigenvalue weighted by Gasteiger charge is -2.05. The first-order chi connectivity index (χ1) is 8.20. The summed E-state index contributed by atoms with van der Waals surface area (Å²) in [5.74, 6) is 0. The highest BCUT2D eigenvalue weighted by molar-refractivity contribution is 5.98. The van der Waals surface area contributed by atoms with Crippen LogP contribution in [0.2, 0.25) is 0 Å². The molecule has 0 atom stereocenters. The number of aryl methyl sites for hydroxylation is 2. The van der Waals surface area contributed by atoms with Crippen LogP contribution in [0.25, 0.3) is 21.9 Å². The average molecular weight is 228 g/mol. The molecule has 0 spiro atoms. The predicted molar refractivity (Wildman–Crippen MR) is 66.4 cm³/mol. The molecule has 86 valence electrons. The molecule has 17 heavy (non-hydrogen) atoms. The van der Waals surface area contributed by atoms with Gasteiger partial charge in [-0.1, -0.05) is 6.92 Å². The Balaban J connectivity index is 2.60. The highest BCUT2D eigenvalue weighted by atomic mass is 16.4. The first-order valence-corrected chi connectivity index (χ1v) is 5.64. The van der Waals surface area contributed by atoms with Gasteiger partial charge in [0.05, 0.1) is 6.26 Å². The monoisotopic (exact) mass is 228 g/mol. The normalized spacial score (nSPS) is 11.4. The van der Waals surface area contributed by atoms with Gasteiger partial charge in [0.15, 0.2) is 0 Å². The molecule has 0 N–H and O–H groups in total. The third-order valence-electron chi connectivity index (χ3n) is 3.14. The van der Waals surface area contributed by atoms with Gasteiger partial charge in [0, 0.05) is 22.4 Å². The Kier molecular flexibility index (Phi) is 2.08. The van der Waals surface area contributed by atoms with Crippen molar-refractivity contribution in [1.29, 1.82) is 0 Å². The van der Waals surface area contributed by atoms with Crippen molar-refractivity contribution in [3.63, 3.8) is 0 Å². The van der Waals surface area contributed by atoms with Crippen molar-refractivity contribution in [3.05, 3.63) is 46.0 Å². The lowest BCUT2D eigenvalue weighted by Crippen LogP contribution is -2.00. The van der Waals surface area contributed by atoms with Gasteiger partial charge in [0.25, 0.3) is 0 Å². The number of fused-ring (bicyclic) bond motifs is 2. The zero-order chi connectivity index (χ0) is 12.0. The molecule has 0 aliphatic rings. The van der Waals surface area contributed by atoms with Crippen LogP contribution >= 0.6 is 0 Å². The Labute approximate surface area is 97.7 Å². The third kappa shape index (κ3) is 1.39. The van der Waals surface area contributed by atoms with Crippen LogP contribution in [-0.2, 0) is 6.42 Å². The van der Waals surface area contributed by atoms with Crippen LogP contribution in [0.5, 0.6) is 0 Å². The molecule has 3 aromatic rings. The lowest BCUT2D eigenvalue weighted by atomic mass is 10.0. The van der Waals surface area contributed by atoms with Crippen molar-refractivity contribution in [2.24, 2.45) is 0 Å². The second-order valence-corrected chi connectivity index (χ2v) is 4.16. The summed E-state index contributed by atoms with van der Waals surface area (Å²) >= 11 is 0. The molecule has 0 unspecified atom stereocenters. The van der Waals surface area contributed by atoms with E-state index in [4.69, 9.17) is 8.83 Å². The van der Waals surface area contributed by atoms with E-state index in [0.29, 0.717) is 5.58 Å². The number of hydrogen-bond donors (Lipinski definition) is 0. The van der Waals surface area contributed by atoms with E-state index >= 15 is 0 Å². The molecule has 0 saturated heterocycles. The Morgan fingerprint density at radius 2 is 2.06 bits per heavy atom. The van der Waals surface area contributed by atoms with Gasteiger partial charge < -0.3 is 8.83 Å². The SMILES string of the molecule is CCc1cc(=O)oc2c(C)c3occc3cc12. The smallest absolute Gasteiger partial charge is 0.336 e. The summed E-state index contributed by atoms with van der Waals surface area (Å²) in [5.41, 5.74) is 3.02. The molecule has 0 amide bonds. The van der Waals surface area contributed by atoms with Crippen molar-refractivity contribution in [1.82, 2.24) is 0 Å². The molecule has 2 heterocycles. The van der Waals surface area contributed by atoms with Gasteiger partial charge in [-0.2, -0.15) is 0 Å². The van der Waals surface area contributed by atoms with Crippen LogP contribution in [0.4, 0.5) is 0 Å². The fourth-order valence-electron chi connectivity index (χ4n) is 2.28. The van der Waals surface area contributed by atoms with Gasteiger partial charge in [-0.3, -0.25) is 0 Å². The third-order valence-corrected chi connectivity index (χ3v) is 3.14. The Morgan fingerprint density at radius 1 is 1.24 bits per heavy atom. The number of hydrogen-bond acceptors (Lipinski definition) is 3. The van der Waals surface area contributed by atoms with Gasteiger partial charge in [0.2, 0.25) is 0 Å². The molecular formula is C14H12O3. The summed E-state index contributed by atoms with van der Waals surface area (Å²) in [7, 11) is 0. The Morgan fingerprint density at radius 3 is 2.82 bits per heavy atom. The van der Waals surface area contributed by atoms with E-state index in [0.717, 1.165) is 33.9 Å². The summed E-state index contributed by atoms with van der Waals surface area (Å²) in [6.45, 7) is 3.94. The van der Waals surface area contributed by atoms with Gasteiger partial charge >= 0.3 is 5.63 Å². The maximum absolute atomic E-state index is 11.5. The molecule has 0 fully saturated rings. The zero-order valence-electron chi connectivity index (χ0n) is 9.74. The average Bonchev–Trinajstić information content (AvgIpc) is 2.78. The van der Waals surface area contributed by atoms with Crippen molar-refractivity contribution < 1.29 is 8.83 Å². The molecule has 1 aromatic carbocycles. The molecular weight excluding hydrogens is 216 g/mol. The Bertz CT molecular complexity index is 762. The van der Waals surface area contributed by atoms with E-state index in [-0.39, 0.29) is 5.63 Å². The molecule has 0 saturated carbocycles. The van der Waals surface area contributed by atoms with Crippen LogP contribution in [0.1, 0.15) is 18.1 Å². The fourth-order valence-corrected chi connectivity index (χ4v) is 2.28. The van der Waals surface area contributed by atoms with Crippen molar-refractivity contribution in [2.45, 2.75) is 20.3 Å². The maximum Gasteiger partial charge on any atom is 0.336 e. The van der Waals surface area contributed by atoms with E-state index in [1.54, 1.807) is 12.3 Å². The van der Waals surface area contributed by atoms with Crippen LogP contribution < -0.4 is 5.63 Å². The minimum absolute atomic E-state index is 0.302. The lowest BCUT2D eigenvalue weighted by molar-refractivity contribution is 0.554. The summed E-state index contributed by atoms with van der Waals surface area (Å²) < 4.78 is 10.7. The quantitative estimate of drug-likeness (QED) is 0.599. The van der Waals surface area contributed by atoms with E-state index in [2.05, 4.69) is 0 Å². The molecule has 0 aliphatic heterocycles. The zero-order valence-corrected chi connectivity index (χ0v) is 9.74. The second kappa shape index (κ2) is 3.48. The number of rotatable bonds is 1. The minimum atomic E-state index is -0.302. The van der Waals surface area contributed by atoms with E-state index < -0.39 is 0 Å². The molecule has 0 radical (unpaired) electrons. The topological polar surface area (TPSA) is 43.4 Å². The Hall–Kier alpha value is -2.03. The molecule has 3 heteroatoms. The highest BCUT2D eigenvalue weighted by Crippen LogP contribution is 2.29. The van der Waals surface area contributed by atoms with E-state index in [1.165, 1.54) is 0 Å². The fraction of sp³-hybridized carbons (Fsp3) is 0.214. The first-order valence-electron chi connectivity index (χ1n) is 5.64. The van der Waals surface area contributed by atoms with Gasteiger partial charge in [0.1, 0.15) is 11.2 Å². The van der Waals surface area contributed by atoms with Gasteiger partial charge in [-0.15, -0.1) is 0 Å². The van der Waals surface area contributed by atoms with E-state index in [9.17, 15) is 4.79 Å². The van der Waals surface area contributed by atoms with Crippen LogP contribution in [0.15, 0.2) is 38.1 Å². The van der Waals surface area contributed by atoms with Crippen molar-refractivity contribution in [2.75, 3.05) is 0 Å². The van der Waals surface area contributed by atoms with Crippen molar-refractivity contribution in [3.8, 4) is 0 Å². The number of furan rings is 1. The summed E-state index contributed by atoms with van der Waals surface area (Å²) in [4.78, 5) is 11.5. The van der Waals surface area contributed by atoms with Gasteiger partial charge in [-0.05, 0) is 31.0 Å².